The van der Waals surface area contributed by atoms with E-state index in [9.17, 15) is 27.8 Å². The Morgan fingerprint density at radius 2 is 1.72 bits per heavy atom. The van der Waals surface area contributed by atoms with Crippen LogP contribution in [0.5, 0.6) is 0 Å². The van der Waals surface area contributed by atoms with Gasteiger partial charge >= 0.3 is 6.18 Å². The van der Waals surface area contributed by atoms with Crippen molar-refractivity contribution in [2.24, 2.45) is 0 Å². The van der Waals surface area contributed by atoms with Gasteiger partial charge in [0.1, 0.15) is 6.50 Å². The highest BCUT2D eigenvalue weighted by molar-refractivity contribution is 7.98. The van der Waals surface area contributed by atoms with Crippen LogP contribution in [0.15, 0.2) is 101 Å². The van der Waals surface area contributed by atoms with Gasteiger partial charge in [-0.1, -0.05) is 54.6 Å². The molecule has 0 unspecified atom stereocenters. The maximum Gasteiger partial charge on any atom is 0.416 e. The standard InChI is InChI=1S/C41H40F5N3O3S/c1-27-6-15-34-36(22-27)49(39(23-37(34)50)53-26-31-4-3-5-35(42)40(31)43)25-38(51)48(33-16-18-47(19-17-33)20-21-52-2)24-28-7-9-29(10-8-28)30-11-13-32(14-12-30)41(44,45)46/h3-15,22-23,33H,16-21,24-26H2,1-2H3/i2D3,6D,15D,20D2,21D2,22D,23D,24D2,25D2,26D2. The van der Waals surface area contributed by atoms with Crippen LogP contribution in [-0.4, -0.2) is 59.5 Å². The van der Waals surface area contributed by atoms with Crippen LogP contribution >= 0.6 is 11.8 Å². The van der Waals surface area contributed by atoms with Gasteiger partial charge in [-0.15, -0.1) is 11.8 Å². The Labute approximate surface area is 333 Å². The largest absolute Gasteiger partial charge is 0.416 e. The number of thioether (sulfide) groups is 1. The van der Waals surface area contributed by atoms with Crippen LogP contribution < -0.4 is 5.43 Å². The highest BCUT2D eigenvalue weighted by Crippen LogP contribution is 2.32. The summed E-state index contributed by atoms with van der Waals surface area (Å²) in [5.41, 5.74) is -7.84. The molecule has 6 rings (SSSR count). The summed E-state index contributed by atoms with van der Waals surface area (Å²) < 4.78 is 221. The van der Waals surface area contributed by atoms with Gasteiger partial charge < -0.3 is 19.1 Å². The summed E-state index contributed by atoms with van der Waals surface area (Å²) in [6.45, 7) is -13.7. The van der Waals surface area contributed by atoms with Crippen molar-refractivity contribution in [2.45, 2.75) is 55.7 Å². The molecule has 0 bridgehead atoms. The van der Waals surface area contributed by atoms with Gasteiger partial charge in [0, 0.05) is 67.3 Å². The molecule has 1 aliphatic rings. The molecule has 1 saturated heterocycles. The summed E-state index contributed by atoms with van der Waals surface area (Å²) in [5, 5.41) is -2.09. The number of methoxy groups -OCH3 is 1. The second-order valence-electron chi connectivity index (χ2n) is 11.7. The van der Waals surface area contributed by atoms with Crippen molar-refractivity contribution in [1.29, 1.82) is 0 Å². The molecular formula is C41H40F5N3O3S. The third-order valence-electron chi connectivity index (χ3n) is 8.19. The minimum absolute atomic E-state index is 0.187. The minimum Gasteiger partial charge on any atom is -0.383 e. The number of hydrogen-bond acceptors (Lipinski definition) is 5. The van der Waals surface area contributed by atoms with Crippen LogP contribution in [0.2, 0.25) is 0 Å². The first-order valence-electron chi connectivity index (χ1n) is 24.4. The van der Waals surface area contributed by atoms with Gasteiger partial charge in [0.15, 0.2) is 17.1 Å². The van der Waals surface area contributed by atoms with E-state index in [1.807, 2.05) is 0 Å². The number of alkyl halides is 3. The number of hydrogen-bond donors (Lipinski definition) is 0. The van der Waals surface area contributed by atoms with Gasteiger partial charge in [0.05, 0.1) is 40.5 Å². The van der Waals surface area contributed by atoms with E-state index in [0.29, 0.717) is 11.0 Å². The molecule has 4 aromatic carbocycles. The molecule has 2 heterocycles. The van der Waals surface area contributed by atoms with E-state index >= 15 is 9.18 Å². The molecule has 1 amide bonds. The van der Waals surface area contributed by atoms with Gasteiger partial charge in [0.2, 0.25) is 5.91 Å². The maximum atomic E-state index is 15.4. The number of nitrogens with zero attached hydrogens (tertiary/aromatic N) is 3. The Morgan fingerprint density at radius 1 is 1.02 bits per heavy atom. The van der Waals surface area contributed by atoms with E-state index in [4.69, 9.17) is 17.8 Å². The first-order valence-corrected chi connectivity index (χ1v) is 16.7. The quantitative estimate of drug-likeness (QED) is 0.0940. The molecule has 0 spiro atoms. The number of amides is 1. The molecule has 53 heavy (non-hydrogen) atoms. The van der Waals surface area contributed by atoms with Crippen LogP contribution in [0.4, 0.5) is 22.0 Å². The second kappa shape index (κ2) is 16.7. The number of benzene rings is 4. The van der Waals surface area contributed by atoms with Crippen molar-refractivity contribution in [3.63, 3.8) is 0 Å². The molecular weight excluding hydrogens is 710 g/mol. The fourth-order valence-corrected chi connectivity index (χ4v) is 6.24. The van der Waals surface area contributed by atoms with E-state index in [1.54, 1.807) is 0 Å². The molecule has 1 fully saturated rings. The Morgan fingerprint density at radius 3 is 2.40 bits per heavy atom. The fourth-order valence-electron chi connectivity index (χ4n) is 5.51. The zero-order valence-corrected chi connectivity index (χ0v) is 28.4. The molecule has 5 aromatic rings. The predicted octanol–water partition coefficient (Wildman–Crippen LogP) is 8.71. The summed E-state index contributed by atoms with van der Waals surface area (Å²) in [4.78, 5) is 30.6. The molecule has 0 atom stereocenters. The number of ether oxygens (including phenoxy) is 1. The Bertz CT molecular complexity index is 2890. The molecule has 0 radical (unpaired) electrons. The molecule has 6 nitrogen and oxygen atoms in total. The second-order valence-corrected chi connectivity index (χ2v) is 12.5. The van der Waals surface area contributed by atoms with Gasteiger partial charge in [0.25, 0.3) is 0 Å². The number of carbonyl (C=O) groups is 1. The van der Waals surface area contributed by atoms with Crippen LogP contribution in [0, 0.1) is 18.6 Å². The maximum absolute atomic E-state index is 15.4. The van der Waals surface area contributed by atoms with E-state index < -0.39 is 157 Å². The first-order chi connectivity index (χ1) is 32.0. The molecule has 1 aliphatic heterocycles. The van der Waals surface area contributed by atoms with Crippen LogP contribution in [0.1, 0.15) is 58.4 Å². The Hall–Kier alpha value is -4.52. The summed E-state index contributed by atoms with van der Waals surface area (Å²) in [5.74, 6) is -5.12. The van der Waals surface area contributed by atoms with Crippen molar-refractivity contribution in [1.82, 2.24) is 14.4 Å². The third-order valence-corrected chi connectivity index (χ3v) is 8.99. The van der Waals surface area contributed by atoms with Crippen molar-refractivity contribution >= 4 is 28.6 Å². The Balaban J connectivity index is 1.56. The predicted molar refractivity (Wildman–Crippen MR) is 198 cm³/mol. The van der Waals surface area contributed by atoms with E-state index in [-0.39, 0.29) is 33.0 Å². The smallest absolute Gasteiger partial charge is 0.383 e. The average Bonchev–Trinajstić information content (AvgIpc) is 3.26. The van der Waals surface area contributed by atoms with E-state index in [1.165, 1.54) is 12.1 Å². The number of aromatic nitrogens is 1. The summed E-state index contributed by atoms with van der Waals surface area (Å²) in [6.07, 6.45) is -5.67. The van der Waals surface area contributed by atoms with Gasteiger partial charge in [-0.05, 0) is 72.3 Å². The third kappa shape index (κ3) is 9.17. The monoisotopic (exact) mass is 766 g/mol. The van der Waals surface area contributed by atoms with Crippen LogP contribution in [0.3, 0.4) is 0 Å². The number of carbonyl (C=O) groups excluding carboxylic acids is 1. The van der Waals surface area contributed by atoms with Gasteiger partial charge in [-0.2, -0.15) is 13.2 Å². The number of fused-ring (bicyclic) bond motifs is 1. The zero-order chi connectivity index (χ0) is 52.6. The number of piperidine rings is 1. The lowest BCUT2D eigenvalue weighted by Crippen LogP contribution is -2.48. The summed E-state index contributed by atoms with van der Waals surface area (Å²) in [7, 11) is -3.41. The van der Waals surface area contributed by atoms with Crippen molar-refractivity contribution < 1.29 is 54.8 Å². The van der Waals surface area contributed by atoms with Crippen LogP contribution in [0.25, 0.3) is 22.0 Å². The van der Waals surface area contributed by atoms with E-state index in [2.05, 4.69) is 4.74 Å². The first kappa shape index (κ1) is 22.0. The van der Waals surface area contributed by atoms with Gasteiger partial charge in [-0.25, -0.2) is 8.78 Å². The zero-order valence-electron chi connectivity index (χ0n) is 44.6. The molecule has 12 heteroatoms. The van der Waals surface area contributed by atoms with E-state index in [0.717, 1.165) is 60.4 Å². The SMILES string of the molecule is [2H]c1c(C)c([2H])c2c(c1[2H])c(=O)c([2H])c(SC([2H])([2H])c1cccc(F)c1F)n2C([2H])([2H])C(=O)N(C1CCN(C([2H])([2H])C([2H])([2H])OC([2H])([2H])[2H])CC1)C([2H])([2H])c1ccc(-c2ccc(C(F)(F)F)cc2)cc1. The molecule has 278 valence electrons. The lowest BCUT2D eigenvalue weighted by Gasteiger charge is -2.39. The number of halogens is 5. The molecule has 0 aliphatic carbocycles. The fraction of sp³-hybridized carbons (Fsp3) is 0.317. The molecule has 0 N–H and O–H groups in total. The summed E-state index contributed by atoms with van der Waals surface area (Å²) >= 11 is -0.257. The normalized spacial score (nSPS) is 20.5. The lowest BCUT2D eigenvalue weighted by atomic mass is 10.00. The minimum atomic E-state index is -4.65. The molecule has 1 aromatic heterocycles. The van der Waals surface area contributed by atoms with Crippen molar-refractivity contribution in [2.75, 3.05) is 33.2 Å². The number of rotatable bonds is 12. The Kier molecular flexibility index (Phi) is 6.91. The van der Waals surface area contributed by atoms with Crippen molar-refractivity contribution in [3.8, 4) is 11.1 Å². The number of pyridine rings is 1. The topological polar surface area (TPSA) is 54.8 Å². The number of likely N-dealkylation sites (tertiary alicyclic amines) is 1. The lowest BCUT2D eigenvalue weighted by molar-refractivity contribution is -0.137. The van der Waals surface area contributed by atoms with Crippen LogP contribution in [-0.2, 0) is 34.4 Å². The summed E-state index contributed by atoms with van der Waals surface area (Å²) in [6, 6.07) is 5.77. The highest BCUT2D eigenvalue weighted by Gasteiger charge is 2.31. The van der Waals surface area contributed by atoms with Gasteiger partial charge in [-0.3, -0.25) is 9.59 Å². The molecule has 0 saturated carbocycles. The average molecular weight is 767 g/mol. The highest BCUT2D eigenvalue weighted by atomic mass is 32.2. The van der Waals surface area contributed by atoms with Crippen molar-refractivity contribution in [3.05, 3.63) is 135 Å².